The molecule has 0 N–H and O–H groups in total. The summed E-state index contributed by atoms with van der Waals surface area (Å²) in [5.74, 6) is 1.84. The van der Waals surface area contributed by atoms with Crippen LogP contribution in [0.5, 0.6) is 11.5 Å². The van der Waals surface area contributed by atoms with Gasteiger partial charge in [-0.2, -0.15) is 0 Å². The van der Waals surface area contributed by atoms with E-state index in [1.54, 1.807) is 0 Å². The summed E-state index contributed by atoms with van der Waals surface area (Å²) in [6, 6.07) is 43.6. The molecule has 0 saturated carbocycles. The minimum absolute atomic E-state index is 0. The summed E-state index contributed by atoms with van der Waals surface area (Å²) < 4.78 is 20.8. The van der Waals surface area contributed by atoms with Crippen molar-refractivity contribution in [3.8, 4) is 11.5 Å². The Bertz CT molecular complexity index is 866. The molecule has 6 rings (SSSR count). The van der Waals surface area contributed by atoms with Gasteiger partial charge in [-0.3, -0.25) is 0 Å². The first kappa shape index (κ1) is 60.5. The van der Waals surface area contributed by atoms with E-state index >= 15 is 0 Å². The van der Waals surface area contributed by atoms with Gasteiger partial charge in [0.1, 0.15) is 36.9 Å². The Morgan fingerprint density at radius 1 is 0.385 bits per heavy atom. The van der Waals surface area contributed by atoms with Crippen LogP contribution in [0.3, 0.4) is 0 Å². The highest BCUT2D eigenvalue weighted by molar-refractivity contribution is 5.21. The van der Waals surface area contributed by atoms with Crippen LogP contribution >= 0.6 is 0 Å². The highest BCUT2D eigenvalue weighted by Gasteiger charge is 2.23. The fourth-order valence-corrected chi connectivity index (χ4v) is 2.51. The van der Waals surface area contributed by atoms with Gasteiger partial charge in [-0.15, -0.1) is 0 Å². The zero-order valence-electron chi connectivity index (χ0n) is 35.4. The Morgan fingerprint density at radius 3 is 0.692 bits per heavy atom. The fraction of sp³-hybridized carbons (Fsp3) is 0.500. The lowest BCUT2D eigenvalue weighted by atomic mass is 10.3. The SMILES string of the molecule is C.CC.CC.CC.CC.CCC.CCC.CCC.c1ccc(OCC2CO2)cc1.c1ccc(OCC2CO2)cc1.c1ccccc1.c1ccccc1. The number of hydrogen-bond acceptors (Lipinski definition) is 4. The van der Waals surface area contributed by atoms with Crippen molar-refractivity contribution >= 4 is 0 Å². The number of hydrogen-bond donors (Lipinski definition) is 0. The van der Waals surface area contributed by atoms with Gasteiger partial charge in [0.25, 0.3) is 0 Å². The van der Waals surface area contributed by atoms with E-state index < -0.39 is 0 Å². The Morgan fingerprint density at radius 2 is 0.538 bits per heavy atom. The van der Waals surface area contributed by atoms with E-state index in [-0.39, 0.29) is 7.43 Å². The minimum atomic E-state index is 0. The summed E-state index contributed by atoms with van der Waals surface area (Å²) >= 11 is 0. The third kappa shape index (κ3) is 58.6. The van der Waals surface area contributed by atoms with Gasteiger partial charge in [-0.1, -0.05) is 233 Å². The van der Waals surface area contributed by atoms with Gasteiger partial charge in [0.05, 0.1) is 13.2 Å². The summed E-state index contributed by atoms with van der Waals surface area (Å²) in [4.78, 5) is 0. The Balaban J connectivity index is -0.000000121. The molecule has 4 heteroatoms. The van der Waals surface area contributed by atoms with Crippen LogP contribution in [0.15, 0.2) is 133 Å². The lowest BCUT2D eigenvalue weighted by molar-refractivity contribution is 0.263. The van der Waals surface area contributed by atoms with Crippen LogP contribution in [0.4, 0.5) is 0 Å². The molecule has 0 amide bonds. The van der Waals surface area contributed by atoms with E-state index in [2.05, 4.69) is 41.5 Å². The number of benzene rings is 4. The molecule has 2 fully saturated rings. The molecule has 4 aromatic carbocycles. The van der Waals surface area contributed by atoms with Crippen LogP contribution < -0.4 is 9.47 Å². The highest BCUT2D eigenvalue weighted by Crippen LogP contribution is 2.14. The molecule has 300 valence electrons. The first-order valence-electron chi connectivity index (χ1n) is 19.7. The van der Waals surface area contributed by atoms with Gasteiger partial charge in [0.15, 0.2) is 0 Å². The summed E-state index contributed by atoms with van der Waals surface area (Å²) in [6.45, 7) is 31.8. The molecular formula is C48H84O4. The fourth-order valence-electron chi connectivity index (χ4n) is 2.51. The zero-order chi connectivity index (χ0) is 39.6. The Labute approximate surface area is 325 Å². The molecule has 2 heterocycles. The first-order valence-corrected chi connectivity index (χ1v) is 19.7. The second kappa shape index (κ2) is 59.5. The van der Waals surface area contributed by atoms with E-state index in [4.69, 9.17) is 18.9 Å². The topological polar surface area (TPSA) is 43.5 Å². The second-order valence-corrected chi connectivity index (χ2v) is 9.59. The average molecular weight is 725 g/mol. The number of ether oxygens (including phenoxy) is 4. The van der Waals surface area contributed by atoms with Crippen molar-refractivity contribution in [1.29, 1.82) is 0 Å². The number of rotatable bonds is 6. The van der Waals surface area contributed by atoms with Crippen LogP contribution in [0.1, 0.15) is 124 Å². The van der Waals surface area contributed by atoms with Crippen molar-refractivity contribution in [2.75, 3.05) is 26.4 Å². The van der Waals surface area contributed by atoms with Crippen molar-refractivity contribution in [3.63, 3.8) is 0 Å². The predicted octanol–water partition coefficient (Wildman–Crippen LogP) is 15.3. The van der Waals surface area contributed by atoms with Crippen LogP contribution in [-0.2, 0) is 9.47 Å². The smallest absolute Gasteiger partial charge is 0.119 e. The minimum Gasteiger partial charge on any atom is -0.491 e. The lowest BCUT2D eigenvalue weighted by Gasteiger charge is -2.01. The summed E-state index contributed by atoms with van der Waals surface area (Å²) in [5, 5.41) is 0. The maximum absolute atomic E-state index is 5.40. The van der Waals surface area contributed by atoms with Crippen molar-refractivity contribution in [2.45, 2.75) is 136 Å². The molecule has 4 aromatic rings. The van der Waals surface area contributed by atoms with Gasteiger partial charge in [-0.05, 0) is 24.3 Å². The molecule has 0 bridgehead atoms. The quantitative estimate of drug-likeness (QED) is 0.186. The van der Waals surface area contributed by atoms with E-state index in [1.807, 2.05) is 189 Å². The monoisotopic (exact) mass is 725 g/mol. The van der Waals surface area contributed by atoms with E-state index in [0.29, 0.717) is 25.4 Å². The molecule has 4 nitrogen and oxygen atoms in total. The molecule has 0 aliphatic carbocycles. The molecule has 0 spiro atoms. The van der Waals surface area contributed by atoms with E-state index in [1.165, 1.54) is 19.3 Å². The van der Waals surface area contributed by atoms with Crippen LogP contribution in [0.25, 0.3) is 0 Å². The normalized spacial score (nSPS) is 12.3. The zero-order valence-corrected chi connectivity index (χ0v) is 35.4. The molecule has 2 aliphatic rings. The molecule has 2 atom stereocenters. The summed E-state index contributed by atoms with van der Waals surface area (Å²) in [7, 11) is 0. The predicted molar refractivity (Wildman–Crippen MR) is 236 cm³/mol. The van der Waals surface area contributed by atoms with Crippen LogP contribution in [0.2, 0.25) is 0 Å². The third-order valence-corrected chi connectivity index (χ3v) is 4.50. The molecule has 52 heavy (non-hydrogen) atoms. The van der Waals surface area contributed by atoms with Crippen molar-refractivity contribution in [2.24, 2.45) is 0 Å². The third-order valence-electron chi connectivity index (χ3n) is 4.50. The molecular weight excluding hydrogens is 641 g/mol. The Hall–Kier alpha value is -3.60. The van der Waals surface area contributed by atoms with Gasteiger partial charge in [0, 0.05) is 0 Å². The van der Waals surface area contributed by atoms with Gasteiger partial charge in [-0.25, -0.2) is 0 Å². The van der Waals surface area contributed by atoms with Crippen LogP contribution in [-0.4, -0.2) is 38.6 Å². The molecule has 2 unspecified atom stereocenters. The maximum Gasteiger partial charge on any atom is 0.119 e. The second-order valence-electron chi connectivity index (χ2n) is 9.59. The van der Waals surface area contributed by atoms with Crippen molar-refractivity contribution < 1.29 is 18.9 Å². The van der Waals surface area contributed by atoms with Gasteiger partial charge < -0.3 is 18.9 Å². The summed E-state index contributed by atoms with van der Waals surface area (Å²) in [6.07, 6.45) is 4.44. The molecule has 2 saturated heterocycles. The number of epoxide rings is 2. The molecule has 0 radical (unpaired) electrons. The van der Waals surface area contributed by atoms with E-state index in [0.717, 1.165) is 24.7 Å². The molecule has 0 aromatic heterocycles. The van der Waals surface area contributed by atoms with Crippen molar-refractivity contribution in [3.05, 3.63) is 133 Å². The maximum atomic E-state index is 5.40. The summed E-state index contributed by atoms with van der Waals surface area (Å²) in [5.41, 5.74) is 0. The lowest BCUT2D eigenvalue weighted by Crippen LogP contribution is -2.03. The van der Waals surface area contributed by atoms with E-state index in [9.17, 15) is 0 Å². The van der Waals surface area contributed by atoms with Gasteiger partial charge in [0.2, 0.25) is 0 Å². The standard InChI is InChI=1S/2C9H10O2.2C6H6.3C3H8.4C2H6.CH4/c2*1-2-4-8(5-3-1)10-6-9-7-11-9;2*1-2-4-6-5-3-1;3*1-3-2;4*1-2;/h2*1-5,9H,6-7H2;2*1-6H;3*3H2,1-2H3;4*1-2H3;1H4. The van der Waals surface area contributed by atoms with Gasteiger partial charge >= 0.3 is 0 Å². The van der Waals surface area contributed by atoms with Crippen molar-refractivity contribution in [1.82, 2.24) is 0 Å². The molecule has 2 aliphatic heterocycles. The highest BCUT2D eigenvalue weighted by atomic mass is 16.6. The average Bonchev–Trinajstić information content (AvgIpc) is 4.17. The first-order chi connectivity index (χ1) is 25.1. The Kier molecular flexibility index (Phi) is 69.3. The largest absolute Gasteiger partial charge is 0.491 e. The van der Waals surface area contributed by atoms with Crippen LogP contribution in [0, 0.1) is 0 Å². The number of para-hydroxylation sites is 2.